The van der Waals surface area contributed by atoms with Gasteiger partial charge in [-0.25, -0.2) is 0 Å². The SMILES string of the molecule is CCCCCCN1C(=O)C(O)=C(c2ccc(C(F)(F)F)cc2)C1c1ccccc1. The fourth-order valence-corrected chi connectivity index (χ4v) is 3.71. The summed E-state index contributed by atoms with van der Waals surface area (Å²) in [6, 6.07) is 13.3. The number of alkyl halides is 3. The van der Waals surface area contributed by atoms with E-state index >= 15 is 0 Å². The maximum atomic E-state index is 12.9. The Labute approximate surface area is 168 Å². The van der Waals surface area contributed by atoms with Crippen LogP contribution in [0.4, 0.5) is 13.2 Å². The number of aliphatic hydroxyl groups is 1. The van der Waals surface area contributed by atoms with Crippen LogP contribution in [0.1, 0.15) is 55.3 Å². The summed E-state index contributed by atoms with van der Waals surface area (Å²) in [5.41, 5.74) is 0.813. The van der Waals surface area contributed by atoms with Gasteiger partial charge in [0.25, 0.3) is 5.91 Å². The van der Waals surface area contributed by atoms with E-state index in [-0.39, 0.29) is 0 Å². The summed E-state index contributed by atoms with van der Waals surface area (Å²) in [7, 11) is 0. The molecule has 0 saturated carbocycles. The molecule has 1 aliphatic heterocycles. The van der Waals surface area contributed by atoms with Crippen LogP contribution < -0.4 is 0 Å². The molecule has 0 aromatic heterocycles. The van der Waals surface area contributed by atoms with Gasteiger partial charge in [0.2, 0.25) is 0 Å². The molecule has 2 aromatic rings. The van der Waals surface area contributed by atoms with Crippen molar-refractivity contribution in [3.05, 3.63) is 77.0 Å². The van der Waals surface area contributed by atoms with Gasteiger partial charge < -0.3 is 10.0 Å². The monoisotopic (exact) mass is 403 g/mol. The van der Waals surface area contributed by atoms with Gasteiger partial charge in [-0.1, -0.05) is 68.7 Å². The number of rotatable bonds is 7. The Morgan fingerprint density at radius 3 is 2.21 bits per heavy atom. The molecule has 3 nitrogen and oxygen atoms in total. The Hall–Kier alpha value is -2.76. The van der Waals surface area contributed by atoms with E-state index in [9.17, 15) is 23.1 Å². The lowest BCUT2D eigenvalue weighted by Crippen LogP contribution is -2.31. The molecule has 0 fully saturated rings. The van der Waals surface area contributed by atoms with Crippen LogP contribution >= 0.6 is 0 Å². The van der Waals surface area contributed by atoms with Crippen LogP contribution in [0.2, 0.25) is 0 Å². The number of benzene rings is 2. The van der Waals surface area contributed by atoms with Crippen LogP contribution in [0.15, 0.2) is 60.4 Å². The third kappa shape index (κ3) is 4.47. The average molecular weight is 403 g/mol. The summed E-state index contributed by atoms with van der Waals surface area (Å²) >= 11 is 0. The van der Waals surface area contributed by atoms with E-state index in [4.69, 9.17) is 0 Å². The van der Waals surface area contributed by atoms with Crippen molar-refractivity contribution < 1.29 is 23.1 Å². The number of nitrogens with zero attached hydrogens (tertiary/aromatic N) is 1. The van der Waals surface area contributed by atoms with Crippen molar-refractivity contribution in [2.75, 3.05) is 6.54 Å². The predicted octanol–water partition coefficient (Wildman–Crippen LogP) is 6.14. The van der Waals surface area contributed by atoms with Gasteiger partial charge in [0.05, 0.1) is 11.6 Å². The molecule has 1 atom stereocenters. The molecule has 29 heavy (non-hydrogen) atoms. The number of carbonyl (C=O) groups excluding carboxylic acids is 1. The van der Waals surface area contributed by atoms with Gasteiger partial charge in [-0.2, -0.15) is 13.2 Å². The van der Waals surface area contributed by atoms with E-state index in [0.29, 0.717) is 17.7 Å². The average Bonchev–Trinajstić information content (AvgIpc) is 2.96. The zero-order valence-corrected chi connectivity index (χ0v) is 16.2. The summed E-state index contributed by atoms with van der Waals surface area (Å²) in [6.07, 6.45) is -0.543. The van der Waals surface area contributed by atoms with Gasteiger partial charge in [0.15, 0.2) is 5.76 Å². The van der Waals surface area contributed by atoms with Crippen molar-refractivity contribution >= 4 is 11.5 Å². The third-order valence-electron chi connectivity index (χ3n) is 5.19. The first-order valence-electron chi connectivity index (χ1n) is 9.81. The number of halogens is 3. The Kier molecular flexibility index (Phi) is 6.30. The highest BCUT2D eigenvalue weighted by Gasteiger charge is 2.41. The highest BCUT2D eigenvalue weighted by Crippen LogP contribution is 2.43. The van der Waals surface area contributed by atoms with Crippen LogP contribution in [-0.2, 0) is 11.0 Å². The lowest BCUT2D eigenvalue weighted by Gasteiger charge is -2.27. The predicted molar refractivity (Wildman–Crippen MR) is 106 cm³/mol. The summed E-state index contributed by atoms with van der Waals surface area (Å²) in [5.74, 6) is -0.876. The second kappa shape index (κ2) is 8.72. The molecule has 1 N–H and O–H groups in total. The molecular formula is C23H24F3NO2. The molecule has 1 unspecified atom stereocenters. The molecule has 0 spiro atoms. The highest BCUT2D eigenvalue weighted by atomic mass is 19.4. The number of hydrogen-bond donors (Lipinski definition) is 1. The van der Waals surface area contributed by atoms with E-state index in [1.165, 1.54) is 12.1 Å². The second-order valence-electron chi connectivity index (χ2n) is 7.21. The maximum Gasteiger partial charge on any atom is 0.416 e. The van der Waals surface area contributed by atoms with Gasteiger partial charge in [-0.3, -0.25) is 4.79 Å². The van der Waals surface area contributed by atoms with Crippen LogP contribution in [0.5, 0.6) is 0 Å². The molecule has 154 valence electrons. The molecule has 1 aliphatic rings. The first-order chi connectivity index (χ1) is 13.8. The summed E-state index contributed by atoms with van der Waals surface area (Å²) in [5, 5.41) is 10.6. The minimum atomic E-state index is -4.44. The van der Waals surface area contributed by atoms with E-state index in [1.807, 2.05) is 30.3 Å². The minimum absolute atomic E-state index is 0.352. The maximum absolute atomic E-state index is 12.9. The Morgan fingerprint density at radius 2 is 1.62 bits per heavy atom. The first kappa shape index (κ1) is 21.0. The summed E-state index contributed by atoms with van der Waals surface area (Å²) in [6.45, 7) is 2.58. The number of unbranched alkanes of at least 4 members (excludes halogenated alkanes) is 3. The molecular weight excluding hydrogens is 379 g/mol. The fraction of sp³-hybridized carbons (Fsp3) is 0.348. The summed E-state index contributed by atoms with van der Waals surface area (Å²) < 4.78 is 38.8. The first-order valence-corrected chi connectivity index (χ1v) is 9.81. The number of carbonyl (C=O) groups is 1. The Morgan fingerprint density at radius 1 is 0.966 bits per heavy atom. The van der Waals surface area contributed by atoms with Crippen molar-refractivity contribution in [3.8, 4) is 0 Å². The van der Waals surface area contributed by atoms with Crippen molar-refractivity contribution in [1.82, 2.24) is 4.90 Å². The lowest BCUT2D eigenvalue weighted by atomic mass is 9.93. The van der Waals surface area contributed by atoms with Gasteiger partial charge in [0, 0.05) is 12.1 Å². The zero-order chi connectivity index (χ0) is 21.0. The molecule has 3 rings (SSSR count). The number of aliphatic hydroxyl groups excluding tert-OH is 1. The zero-order valence-electron chi connectivity index (χ0n) is 16.2. The summed E-state index contributed by atoms with van der Waals surface area (Å²) in [4.78, 5) is 14.4. The van der Waals surface area contributed by atoms with Gasteiger partial charge in [0.1, 0.15) is 0 Å². The van der Waals surface area contributed by atoms with E-state index in [1.54, 1.807) is 4.90 Å². The molecule has 0 aliphatic carbocycles. The Bertz CT molecular complexity index is 873. The van der Waals surface area contributed by atoms with Crippen LogP contribution in [0.25, 0.3) is 5.57 Å². The van der Waals surface area contributed by atoms with E-state index in [2.05, 4.69) is 6.92 Å². The van der Waals surface area contributed by atoms with E-state index < -0.39 is 29.4 Å². The van der Waals surface area contributed by atoms with Gasteiger partial charge >= 0.3 is 6.18 Å². The number of hydrogen-bond acceptors (Lipinski definition) is 2. The standard InChI is InChI=1S/C23H24F3NO2/c1-2-3-4-8-15-27-20(17-9-6-5-7-10-17)19(21(28)22(27)29)16-11-13-18(14-12-16)23(24,25)26/h5-7,9-14,20,28H,2-4,8,15H2,1H3. The van der Waals surface area contributed by atoms with Crippen molar-refractivity contribution in [2.45, 2.75) is 44.8 Å². The highest BCUT2D eigenvalue weighted by molar-refractivity contribution is 6.05. The number of amides is 1. The molecule has 1 heterocycles. The topological polar surface area (TPSA) is 40.5 Å². The largest absolute Gasteiger partial charge is 0.503 e. The molecule has 2 aromatic carbocycles. The second-order valence-corrected chi connectivity index (χ2v) is 7.21. The Balaban J connectivity index is 1.98. The van der Waals surface area contributed by atoms with Gasteiger partial charge in [-0.15, -0.1) is 0 Å². The van der Waals surface area contributed by atoms with Crippen molar-refractivity contribution in [3.63, 3.8) is 0 Å². The molecule has 0 saturated heterocycles. The fourth-order valence-electron chi connectivity index (χ4n) is 3.71. The minimum Gasteiger partial charge on any atom is -0.503 e. The molecule has 6 heteroatoms. The molecule has 0 radical (unpaired) electrons. The van der Waals surface area contributed by atoms with Crippen molar-refractivity contribution in [1.29, 1.82) is 0 Å². The van der Waals surface area contributed by atoms with Crippen LogP contribution in [0.3, 0.4) is 0 Å². The van der Waals surface area contributed by atoms with Crippen LogP contribution in [-0.4, -0.2) is 22.5 Å². The lowest BCUT2D eigenvalue weighted by molar-refractivity contribution is -0.137. The quantitative estimate of drug-likeness (QED) is 0.564. The van der Waals surface area contributed by atoms with Crippen LogP contribution in [0, 0.1) is 0 Å². The van der Waals surface area contributed by atoms with Gasteiger partial charge in [-0.05, 0) is 29.7 Å². The molecule has 0 bridgehead atoms. The normalized spacial score (nSPS) is 17.3. The van der Waals surface area contributed by atoms with E-state index in [0.717, 1.165) is 43.4 Å². The smallest absolute Gasteiger partial charge is 0.416 e. The third-order valence-corrected chi connectivity index (χ3v) is 5.19. The van der Waals surface area contributed by atoms with Crippen molar-refractivity contribution in [2.24, 2.45) is 0 Å². The molecule has 1 amide bonds.